The minimum absolute atomic E-state index is 0.0967. The van der Waals surface area contributed by atoms with E-state index in [2.05, 4.69) is 4.98 Å². The number of halogens is 3. The molecule has 3 aromatic carbocycles. The summed E-state index contributed by atoms with van der Waals surface area (Å²) < 4.78 is 71.9. The fraction of sp³-hybridized carbons (Fsp3) is 0.361. The van der Waals surface area contributed by atoms with Crippen molar-refractivity contribution in [2.45, 2.75) is 50.5 Å². The Hall–Kier alpha value is -4.31. The number of benzene rings is 3. The summed E-state index contributed by atoms with van der Waals surface area (Å²) in [7, 11) is -0.413. The van der Waals surface area contributed by atoms with Crippen molar-refractivity contribution in [2.24, 2.45) is 0 Å². The Kier molecular flexibility index (Phi) is 15.4. The van der Waals surface area contributed by atoms with Crippen molar-refractivity contribution >= 4 is 61.8 Å². The van der Waals surface area contributed by atoms with Crippen molar-refractivity contribution in [2.75, 3.05) is 45.3 Å². The van der Waals surface area contributed by atoms with E-state index in [-0.39, 0.29) is 47.9 Å². The Labute approximate surface area is 322 Å². The van der Waals surface area contributed by atoms with Crippen LogP contribution in [0, 0.1) is 5.82 Å². The fourth-order valence-electron chi connectivity index (χ4n) is 5.12. The van der Waals surface area contributed by atoms with Gasteiger partial charge in [0.1, 0.15) is 40.3 Å². The van der Waals surface area contributed by atoms with Crippen molar-refractivity contribution in [1.29, 1.82) is 0 Å². The lowest BCUT2D eigenvalue weighted by Gasteiger charge is -2.24. The first-order valence-corrected chi connectivity index (χ1v) is 19.6. The number of aryl methyl sites for hydroxylation is 1. The van der Waals surface area contributed by atoms with Crippen LogP contribution in [0.1, 0.15) is 43.7 Å². The Morgan fingerprint density at radius 2 is 1.72 bits per heavy atom. The van der Waals surface area contributed by atoms with Crippen molar-refractivity contribution in [3.63, 3.8) is 0 Å². The maximum atomic E-state index is 15.9. The topological polar surface area (TPSA) is 134 Å². The van der Waals surface area contributed by atoms with E-state index < -0.39 is 32.8 Å². The van der Waals surface area contributed by atoms with Gasteiger partial charge in [-0.25, -0.2) is 26.9 Å². The number of ether oxygens (including phenoxy) is 5. The summed E-state index contributed by atoms with van der Waals surface area (Å²) in [6, 6.07) is 11.6. The van der Waals surface area contributed by atoms with Gasteiger partial charge in [-0.15, -0.1) is 11.3 Å². The van der Waals surface area contributed by atoms with Crippen LogP contribution in [-0.4, -0.2) is 71.4 Å². The number of methoxy groups -OCH3 is 3. The number of anilines is 1. The van der Waals surface area contributed by atoms with Crippen LogP contribution >= 0.6 is 34.5 Å². The van der Waals surface area contributed by atoms with E-state index >= 15 is 4.39 Å². The minimum Gasteiger partial charge on any atom is -0.497 e. The van der Waals surface area contributed by atoms with Gasteiger partial charge in [0.05, 0.1) is 39.5 Å². The molecule has 4 aromatic rings. The summed E-state index contributed by atoms with van der Waals surface area (Å²) in [5, 5.41) is 1.91. The first-order chi connectivity index (χ1) is 25.4. The van der Waals surface area contributed by atoms with Gasteiger partial charge in [-0.2, -0.15) is 0 Å². The number of aromatic nitrogens is 1. The number of esters is 1. The zero-order valence-electron chi connectivity index (χ0n) is 29.6. The molecule has 1 aromatic heterocycles. The van der Waals surface area contributed by atoms with Crippen LogP contribution < -0.4 is 18.5 Å². The largest absolute Gasteiger partial charge is 0.497 e. The molecule has 0 unspecified atom stereocenters. The molecule has 1 amide bonds. The van der Waals surface area contributed by atoms with Gasteiger partial charge in [0, 0.05) is 40.8 Å². The molecule has 0 spiro atoms. The summed E-state index contributed by atoms with van der Waals surface area (Å²) in [6.45, 7) is 1.88. The molecule has 0 radical (unpaired) electrons. The summed E-state index contributed by atoms with van der Waals surface area (Å²) in [5.41, 5.74) is 1.06. The number of unbranched alkanes of at least 4 members (excludes halogenated alkanes) is 2. The fourth-order valence-corrected chi connectivity index (χ4v) is 7.92. The zero-order valence-corrected chi connectivity index (χ0v) is 32.7. The SMILES string of the molecule is CCCCCOC(=O)N(CCCc1cc(Cl)ccc1Oc1cc(F)c(S(=O)(=O)N(Cc2ccc(OC)cc2OC)c2nccs2)cc1Cl)CC(=O)OC. The number of amides is 1. The molecule has 0 aliphatic carbocycles. The molecule has 0 aliphatic heterocycles. The normalized spacial score (nSPS) is 11.2. The van der Waals surface area contributed by atoms with Crippen LogP contribution in [0.25, 0.3) is 0 Å². The second-order valence-corrected chi connectivity index (χ2v) is 15.0. The monoisotopic (exact) mass is 811 g/mol. The number of rotatable bonds is 19. The van der Waals surface area contributed by atoms with E-state index in [1.54, 1.807) is 41.8 Å². The van der Waals surface area contributed by atoms with Crippen molar-refractivity contribution in [3.05, 3.63) is 87.1 Å². The maximum Gasteiger partial charge on any atom is 0.410 e. The molecular weight excluding hydrogens is 772 g/mol. The third-order valence-electron chi connectivity index (χ3n) is 7.89. The molecule has 0 fully saturated rings. The number of carbonyl (C=O) groups is 2. The lowest BCUT2D eigenvalue weighted by atomic mass is 10.1. The molecule has 12 nitrogen and oxygen atoms in total. The molecule has 53 heavy (non-hydrogen) atoms. The molecule has 4 rings (SSSR count). The molecule has 0 saturated carbocycles. The third-order valence-corrected chi connectivity index (χ3v) is 11.1. The molecule has 0 N–H and O–H groups in total. The van der Waals surface area contributed by atoms with Crippen LogP contribution in [0.4, 0.5) is 14.3 Å². The van der Waals surface area contributed by atoms with Gasteiger partial charge in [0.25, 0.3) is 10.0 Å². The second kappa shape index (κ2) is 19.7. The third kappa shape index (κ3) is 11.1. The van der Waals surface area contributed by atoms with Gasteiger partial charge in [0.2, 0.25) is 0 Å². The molecule has 0 saturated heterocycles. The Morgan fingerprint density at radius 3 is 2.40 bits per heavy atom. The Bertz CT molecular complexity index is 1970. The highest BCUT2D eigenvalue weighted by Gasteiger charge is 2.32. The van der Waals surface area contributed by atoms with Crippen LogP contribution in [0.5, 0.6) is 23.0 Å². The number of thiazole rings is 1. The Morgan fingerprint density at radius 1 is 0.925 bits per heavy atom. The molecule has 0 atom stereocenters. The number of carbonyl (C=O) groups excluding carboxylic acids is 2. The predicted octanol–water partition coefficient (Wildman–Crippen LogP) is 8.53. The Balaban J connectivity index is 1.56. The van der Waals surface area contributed by atoms with Gasteiger partial charge in [-0.1, -0.05) is 43.0 Å². The number of nitrogens with zero attached hydrogens (tertiary/aromatic N) is 3. The number of sulfonamides is 1. The van der Waals surface area contributed by atoms with Gasteiger partial charge >= 0.3 is 12.1 Å². The van der Waals surface area contributed by atoms with Gasteiger partial charge in [-0.05, 0) is 61.2 Å². The van der Waals surface area contributed by atoms with Gasteiger partial charge in [0.15, 0.2) is 5.13 Å². The lowest BCUT2D eigenvalue weighted by molar-refractivity contribution is -0.141. The average molecular weight is 813 g/mol. The highest BCUT2D eigenvalue weighted by Crippen LogP contribution is 2.38. The smallest absolute Gasteiger partial charge is 0.410 e. The first kappa shape index (κ1) is 41.4. The van der Waals surface area contributed by atoms with E-state index in [1.807, 2.05) is 6.92 Å². The van der Waals surface area contributed by atoms with E-state index in [1.165, 1.54) is 32.4 Å². The highest BCUT2D eigenvalue weighted by atomic mass is 35.5. The van der Waals surface area contributed by atoms with E-state index in [4.69, 9.17) is 46.9 Å². The molecule has 0 aliphatic rings. The summed E-state index contributed by atoms with van der Waals surface area (Å²) in [4.78, 5) is 29.5. The first-order valence-electron chi connectivity index (χ1n) is 16.5. The summed E-state index contributed by atoms with van der Waals surface area (Å²) in [6.07, 6.45) is 4.05. The van der Waals surface area contributed by atoms with Gasteiger partial charge in [-0.3, -0.25) is 9.69 Å². The predicted molar refractivity (Wildman–Crippen MR) is 201 cm³/mol. The highest BCUT2D eigenvalue weighted by molar-refractivity contribution is 7.93. The lowest BCUT2D eigenvalue weighted by Crippen LogP contribution is -2.37. The maximum absolute atomic E-state index is 15.9. The van der Waals surface area contributed by atoms with Crippen molar-refractivity contribution < 1.29 is 46.1 Å². The van der Waals surface area contributed by atoms with Crippen LogP contribution in [0.15, 0.2) is 65.0 Å². The van der Waals surface area contributed by atoms with E-state index in [9.17, 15) is 18.0 Å². The minimum atomic E-state index is -4.58. The van der Waals surface area contributed by atoms with Crippen molar-refractivity contribution in [3.8, 4) is 23.0 Å². The van der Waals surface area contributed by atoms with E-state index in [0.29, 0.717) is 46.9 Å². The molecule has 0 bridgehead atoms. The second-order valence-electron chi connectivity index (χ2n) is 11.5. The van der Waals surface area contributed by atoms with Crippen LogP contribution in [0.3, 0.4) is 0 Å². The summed E-state index contributed by atoms with van der Waals surface area (Å²) in [5.74, 6) is -0.722. The molecule has 286 valence electrons. The van der Waals surface area contributed by atoms with Crippen LogP contribution in [-0.2, 0) is 37.3 Å². The van der Waals surface area contributed by atoms with Crippen LogP contribution in [0.2, 0.25) is 10.0 Å². The number of hydrogen-bond donors (Lipinski definition) is 0. The zero-order chi connectivity index (χ0) is 38.5. The van der Waals surface area contributed by atoms with E-state index in [0.717, 1.165) is 40.6 Å². The summed E-state index contributed by atoms with van der Waals surface area (Å²) >= 11 is 13.9. The molecular formula is C36H40Cl2FN3O9S2. The molecule has 17 heteroatoms. The van der Waals surface area contributed by atoms with Gasteiger partial charge < -0.3 is 23.7 Å². The quantitative estimate of drug-likeness (QED) is 0.0670. The molecule has 1 heterocycles. The standard InChI is InChI=1S/C36H40Cl2FN3O9S2/c1-5-6-7-16-50-36(44)41(23-34(43)49-4)15-8-9-24-18-26(37)11-13-30(24)51-32-21-29(39)33(20-28(32)38)53(45,46)42(35-40-14-17-52-35)22-25-10-12-27(47-2)19-31(25)48-3/h10-14,17-21H,5-9,15-16,22-23H2,1-4H3. The number of hydrogen-bond acceptors (Lipinski definition) is 11. The average Bonchev–Trinajstić information content (AvgIpc) is 3.68. The van der Waals surface area contributed by atoms with Crippen molar-refractivity contribution in [1.82, 2.24) is 9.88 Å².